The Balaban J connectivity index is 1.10. The average molecular weight is 991 g/mol. The summed E-state index contributed by atoms with van der Waals surface area (Å²) in [6.07, 6.45) is 8.95. The second kappa shape index (κ2) is 21.4. The van der Waals surface area contributed by atoms with Gasteiger partial charge in [-0.3, -0.25) is 39.0 Å². The van der Waals surface area contributed by atoms with Crippen molar-refractivity contribution in [3.05, 3.63) is 72.1 Å². The Bertz CT molecular complexity index is 2560. The molecule has 3 saturated heterocycles. The number of fused-ring (bicyclic) bond motifs is 6. The van der Waals surface area contributed by atoms with Crippen LogP contribution in [0.5, 0.6) is 0 Å². The molecule has 1 spiro atoms. The maximum atomic E-state index is 14.9. The highest BCUT2D eigenvalue weighted by atomic mass is 28.2. The standard InChI is InChI=1S/C53H74N10O7Si/c1-11-44(64)61-32-57(8)53(71-33-61)21-25-60(30-53)51(68)58(9)46(34(3)4)48(65)55-42-29-59-23-14-16-37(28-59)36-19-20-43-39(26-36)40(47(62(43)12-2)38-17-13-22-54-45(38)35(5)69-10)27-52(6,7)31-70-50(67)41-18-15-24-63(56-41)49(42)66/h11,13,16-17,19-20,22,26,34-35,41-42,46,56H,1,12,14-15,18,21,23-25,27-33H2,2-10H3,(H,55,65)/t35-,41-,42-,46-,53-/m0/s1. The molecule has 2 N–H and O–H groups in total. The highest BCUT2D eigenvalue weighted by molar-refractivity contribution is 6.41. The number of methoxy groups -OCH3 is 1. The molecule has 5 aliphatic rings. The molecule has 18 heteroatoms. The second-order valence-corrected chi connectivity index (χ2v) is 22.8. The van der Waals surface area contributed by atoms with Crippen LogP contribution in [-0.4, -0.2) is 182 Å². The predicted octanol–water partition coefficient (Wildman–Crippen LogP) is 4.68. The van der Waals surface area contributed by atoms with Gasteiger partial charge in [-0.2, -0.15) is 0 Å². The van der Waals surface area contributed by atoms with E-state index in [2.05, 4.69) is 82.8 Å². The van der Waals surface area contributed by atoms with Crippen molar-refractivity contribution in [3.8, 4) is 11.3 Å². The van der Waals surface area contributed by atoms with Gasteiger partial charge in [0.15, 0.2) is 0 Å². The van der Waals surface area contributed by atoms with Crippen LogP contribution in [0.25, 0.3) is 27.7 Å². The largest absolute Gasteiger partial charge is 0.464 e. The lowest BCUT2D eigenvalue weighted by Gasteiger charge is -2.46. The van der Waals surface area contributed by atoms with Crippen molar-refractivity contribution in [2.75, 3.05) is 79.9 Å². The number of hydrogen-bond donors (Lipinski definition) is 2. The number of ether oxygens (including phenoxy) is 2. The number of carbonyl (C=O) groups excluding carboxylic acids is 5. The lowest BCUT2D eigenvalue weighted by Crippen LogP contribution is -2.65. The van der Waals surface area contributed by atoms with Crippen molar-refractivity contribution >= 4 is 55.7 Å². The molecule has 1 unspecified atom stereocenters. The number of hydrazine groups is 1. The Morgan fingerprint density at radius 1 is 1.13 bits per heavy atom. The first-order chi connectivity index (χ1) is 33.9. The van der Waals surface area contributed by atoms with Crippen LogP contribution >= 0.6 is 0 Å². The first kappa shape index (κ1) is 51.9. The highest BCUT2D eigenvalue weighted by Crippen LogP contribution is 2.42. The predicted molar refractivity (Wildman–Crippen MR) is 275 cm³/mol. The molecule has 71 heavy (non-hydrogen) atoms. The number of hydrogen-bond acceptors (Lipinski definition) is 11. The molecule has 2 radical (unpaired) electrons. The van der Waals surface area contributed by atoms with Crippen molar-refractivity contribution in [2.45, 2.75) is 110 Å². The Morgan fingerprint density at radius 2 is 1.92 bits per heavy atom. The monoisotopic (exact) mass is 991 g/mol. The maximum Gasteiger partial charge on any atom is 0.324 e. The quantitative estimate of drug-likeness (QED) is 0.174. The molecular formula is C53H74N10O7Si. The van der Waals surface area contributed by atoms with E-state index in [-0.39, 0.29) is 48.2 Å². The fourth-order valence-electron chi connectivity index (χ4n) is 11.3. The number of nitrogens with zero attached hydrogens (tertiary/aromatic N) is 8. The second-order valence-electron chi connectivity index (χ2n) is 21.2. The lowest BCUT2D eigenvalue weighted by atomic mass is 9.84. The number of likely N-dealkylation sites (tertiary alicyclic amines) is 1. The van der Waals surface area contributed by atoms with E-state index in [4.69, 9.17) is 14.5 Å². The van der Waals surface area contributed by atoms with Crippen LogP contribution in [-0.2, 0) is 41.6 Å². The first-order valence-corrected chi connectivity index (χ1v) is 26.6. The van der Waals surface area contributed by atoms with E-state index in [0.717, 1.165) is 63.9 Å². The number of carbonyl (C=O) groups is 5. The smallest absolute Gasteiger partial charge is 0.324 e. The molecule has 8 rings (SSSR count). The van der Waals surface area contributed by atoms with E-state index in [0.29, 0.717) is 74.3 Å². The number of cyclic esters (lactones) is 1. The number of likely N-dealkylation sites (N-methyl/N-ethyl adjacent to an activating group) is 2. The molecule has 7 heterocycles. The van der Waals surface area contributed by atoms with Crippen LogP contribution in [0.4, 0.5) is 4.79 Å². The molecule has 0 saturated carbocycles. The van der Waals surface area contributed by atoms with Gasteiger partial charge in [0.1, 0.15) is 18.1 Å². The van der Waals surface area contributed by atoms with E-state index in [9.17, 15) is 24.0 Å². The third-order valence-electron chi connectivity index (χ3n) is 15.3. The number of amides is 5. The number of nitrogens with one attached hydrogen (secondary N) is 2. The maximum absolute atomic E-state index is 14.9. The highest BCUT2D eigenvalue weighted by Gasteiger charge is 2.48. The number of pyridine rings is 1. The van der Waals surface area contributed by atoms with Gasteiger partial charge >= 0.3 is 12.0 Å². The number of aromatic nitrogens is 2. The minimum absolute atomic E-state index is 0.107. The summed E-state index contributed by atoms with van der Waals surface area (Å²) in [7, 11) is 5.77. The summed E-state index contributed by atoms with van der Waals surface area (Å²) >= 11 is 0. The molecule has 6 atom stereocenters. The number of rotatable bonds is 9. The van der Waals surface area contributed by atoms with Crippen LogP contribution in [0.1, 0.15) is 90.2 Å². The third-order valence-corrected chi connectivity index (χ3v) is 17.3. The summed E-state index contributed by atoms with van der Waals surface area (Å²) in [5.41, 5.74) is 10.1. The van der Waals surface area contributed by atoms with Gasteiger partial charge in [-0.15, -0.1) is 0 Å². The van der Waals surface area contributed by atoms with Crippen LogP contribution in [0.15, 0.2) is 55.3 Å². The fraction of sp³-hybridized carbons (Fsp3) is 0.585. The number of esters is 1. The van der Waals surface area contributed by atoms with Crippen LogP contribution in [0.2, 0.25) is 0 Å². The summed E-state index contributed by atoms with van der Waals surface area (Å²) in [5, 5.41) is 5.49. The molecule has 2 aromatic heterocycles. The molecule has 382 valence electrons. The van der Waals surface area contributed by atoms with E-state index >= 15 is 0 Å². The van der Waals surface area contributed by atoms with Crippen LogP contribution in [0, 0.1) is 11.3 Å². The molecule has 5 amide bonds. The number of benzene rings is 1. The fourth-order valence-corrected chi connectivity index (χ4v) is 13.0. The van der Waals surface area contributed by atoms with Gasteiger partial charge in [0, 0.05) is 99.4 Å². The van der Waals surface area contributed by atoms with E-state index in [1.165, 1.54) is 16.0 Å². The summed E-state index contributed by atoms with van der Waals surface area (Å²) in [6.45, 7) is 20.0. The SMILES string of the molecule is C=CC(=O)N1C[Si][C@]2(CCN(C(=O)N(C)[C@H](C(=O)N[C@H]3CN4CCC=C(C4)c4ccc5c(c4)c(c(-c4cccnc4[C@H](C)OC)n5CC)CC(C)(C)COC(=O)[C@@H]4CCCN(N4)C3=O)C(C)C)C2)N(C)C1. The minimum atomic E-state index is -1.00. The average Bonchev–Trinajstić information content (AvgIpc) is 3.93. The van der Waals surface area contributed by atoms with E-state index < -0.39 is 35.4 Å². The van der Waals surface area contributed by atoms with Crippen molar-refractivity contribution < 1.29 is 33.4 Å². The van der Waals surface area contributed by atoms with E-state index in [1.54, 1.807) is 19.1 Å². The van der Waals surface area contributed by atoms with Crippen LogP contribution < -0.4 is 10.7 Å². The molecule has 6 bridgehead atoms. The summed E-state index contributed by atoms with van der Waals surface area (Å²) in [6, 6.07) is 7.86. The molecule has 0 aliphatic carbocycles. The topological polar surface area (TPSA) is 165 Å². The Kier molecular flexibility index (Phi) is 15.6. The number of aryl methyl sites for hydroxylation is 1. The molecule has 1 aromatic carbocycles. The van der Waals surface area contributed by atoms with Crippen molar-refractivity contribution in [2.24, 2.45) is 11.3 Å². The summed E-state index contributed by atoms with van der Waals surface area (Å²) < 4.78 is 14.4. The van der Waals surface area contributed by atoms with Gasteiger partial charge in [-0.25, -0.2) is 10.2 Å². The molecule has 5 aliphatic heterocycles. The first-order valence-electron chi connectivity index (χ1n) is 25.4. The molecule has 3 aromatic rings. The van der Waals surface area contributed by atoms with Gasteiger partial charge < -0.3 is 34.1 Å². The van der Waals surface area contributed by atoms with Gasteiger partial charge in [0.2, 0.25) is 11.8 Å². The van der Waals surface area contributed by atoms with E-state index in [1.807, 2.05) is 45.0 Å². The van der Waals surface area contributed by atoms with Crippen molar-refractivity contribution in [3.63, 3.8) is 0 Å². The lowest BCUT2D eigenvalue weighted by molar-refractivity contribution is -0.155. The van der Waals surface area contributed by atoms with Gasteiger partial charge in [-0.05, 0) is 106 Å². The van der Waals surface area contributed by atoms with Crippen molar-refractivity contribution in [1.29, 1.82) is 0 Å². The zero-order valence-corrected chi connectivity index (χ0v) is 44.3. The van der Waals surface area contributed by atoms with Crippen molar-refractivity contribution in [1.82, 2.24) is 49.8 Å². The van der Waals surface area contributed by atoms with Gasteiger partial charge in [-0.1, -0.05) is 46.4 Å². The normalized spacial score (nSPS) is 25.1. The minimum Gasteiger partial charge on any atom is -0.464 e. The molecule has 3 fully saturated rings. The summed E-state index contributed by atoms with van der Waals surface area (Å²) in [5.74, 6) is -1.60. The number of urea groups is 1. The van der Waals surface area contributed by atoms with Gasteiger partial charge in [0.25, 0.3) is 5.91 Å². The summed E-state index contributed by atoms with van der Waals surface area (Å²) in [4.78, 5) is 84.8. The molecular weight excluding hydrogens is 917 g/mol. The zero-order valence-electron chi connectivity index (χ0n) is 43.3. The van der Waals surface area contributed by atoms with Gasteiger partial charge in [0.05, 0.1) is 40.3 Å². The Labute approximate surface area is 421 Å². The Morgan fingerprint density at radius 3 is 2.63 bits per heavy atom. The Hall–Kier alpha value is -5.40. The molecule has 17 nitrogen and oxygen atoms in total. The third kappa shape index (κ3) is 10.6. The zero-order chi connectivity index (χ0) is 50.9. The van der Waals surface area contributed by atoms with Crippen LogP contribution in [0.3, 0.4) is 0 Å².